The number of para-hydroxylation sites is 1. The van der Waals surface area contributed by atoms with Crippen LogP contribution in [0.3, 0.4) is 0 Å². The number of thioether (sulfide) groups is 1. The highest BCUT2D eigenvalue weighted by atomic mass is 32.2. The van der Waals surface area contributed by atoms with Gasteiger partial charge in [-0.05, 0) is 31.9 Å². The molecule has 1 aliphatic carbocycles. The van der Waals surface area contributed by atoms with Gasteiger partial charge in [-0.3, -0.25) is 4.79 Å². The van der Waals surface area contributed by atoms with Gasteiger partial charge in [0.05, 0.1) is 18.0 Å². The van der Waals surface area contributed by atoms with Crippen LogP contribution in [0.25, 0.3) is 5.69 Å². The lowest BCUT2D eigenvalue weighted by atomic mass is 10.3. The minimum Gasteiger partial charge on any atom is -0.383 e. The van der Waals surface area contributed by atoms with Crippen molar-refractivity contribution in [3.8, 4) is 5.69 Å². The highest BCUT2D eigenvalue weighted by Gasteiger charge is 2.30. The van der Waals surface area contributed by atoms with Gasteiger partial charge in [0.1, 0.15) is 5.82 Å². The molecule has 1 amide bonds. The van der Waals surface area contributed by atoms with Crippen molar-refractivity contribution in [2.24, 2.45) is 0 Å². The van der Waals surface area contributed by atoms with E-state index in [9.17, 15) is 4.79 Å². The second-order valence-corrected chi connectivity index (χ2v) is 6.93. The summed E-state index contributed by atoms with van der Waals surface area (Å²) < 4.78 is 6.93. The summed E-state index contributed by atoms with van der Waals surface area (Å²) in [6.45, 7) is 2.42. The van der Waals surface area contributed by atoms with Gasteiger partial charge in [-0.25, -0.2) is 9.67 Å². The molecule has 3 rings (SSSR count). The number of ether oxygens (including phenoxy) is 1. The highest BCUT2D eigenvalue weighted by molar-refractivity contribution is 7.99. The van der Waals surface area contributed by atoms with Gasteiger partial charge < -0.3 is 10.1 Å². The molecule has 1 atom stereocenters. The van der Waals surface area contributed by atoms with Gasteiger partial charge in [0, 0.05) is 19.1 Å². The molecule has 2 aromatic rings. The fourth-order valence-electron chi connectivity index (χ4n) is 2.47. The van der Waals surface area contributed by atoms with Gasteiger partial charge in [0.2, 0.25) is 11.1 Å². The Balaban J connectivity index is 1.65. The first kappa shape index (κ1) is 17.0. The van der Waals surface area contributed by atoms with Crippen molar-refractivity contribution in [1.82, 2.24) is 20.1 Å². The zero-order valence-electron chi connectivity index (χ0n) is 13.9. The Morgan fingerprint density at radius 3 is 2.83 bits per heavy atom. The summed E-state index contributed by atoms with van der Waals surface area (Å²) in [5.41, 5.74) is 1.01. The van der Waals surface area contributed by atoms with Crippen LogP contribution in [-0.4, -0.2) is 46.2 Å². The van der Waals surface area contributed by atoms with E-state index in [-0.39, 0.29) is 11.9 Å². The zero-order valence-corrected chi connectivity index (χ0v) is 14.8. The molecule has 1 fully saturated rings. The van der Waals surface area contributed by atoms with Crippen LogP contribution in [0.15, 0.2) is 35.5 Å². The maximum atomic E-state index is 12.0. The first-order chi connectivity index (χ1) is 11.7. The largest absolute Gasteiger partial charge is 0.383 e. The molecule has 128 valence electrons. The second-order valence-electron chi connectivity index (χ2n) is 5.99. The summed E-state index contributed by atoms with van der Waals surface area (Å²) in [4.78, 5) is 16.6. The van der Waals surface area contributed by atoms with Crippen molar-refractivity contribution in [2.45, 2.75) is 36.9 Å². The van der Waals surface area contributed by atoms with Gasteiger partial charge in [-0.2, -0.15) is 0 Å². The fourth-order valence-corrected chi connectivity index (χ4v) is 3.11. The number of hydrogen-bond donors (Lipinski definition) is 1. The molecular weight excluding hydrogens is 324 g/mol. The van der Waals surface area contributed by atoms with Gasteiger partial charge in [0.15, 0.2) is 0 Å². The number of carbonyl (C=O) groups is 1. The molecule has 0 spiro atoms. The van der Waals surface area contributed by atoms with Crippen molar-refractivity contribution >= 4 is 17.7 Å². The first-order valence-electron chi connectivity index (χ1n) is 8.11. The highest BCUT2D eigenvalue weighted by Crippen LogP contribution is 2.40. The van der Waals surface area contributed by atoms with E-state index in [0.29, 0.717) is 23.4 Å². The van der Waals surface area contributed by atoms with E-state index in [4.69, 9.17) is 4.74 Å². The number of nitrogens with zero attached hydrogens (tertiary/aromatic N) is 3. The van der Waals surface area contributed by atoms with Gasteiger partial charge >= 0.3 is 0 Å². The third kappa shape index (κ3) is 4.36. The number of nitrogens with one attached hydrogen (secondary N) is 1. The summed E-state index contributed by atoms with van der Waals surface area (Å²) in [5.74, 6) is 1.75. The molecule has 1 aliphatic rings. The van der Waals surface area contributed by atoms with Crippen molar-refractivity contribution < 1.29 is 9.53 Å². The lowest BCUT2D eigenvalue weighted by molar-refractivity contribution is -0.119. The third-order valence-electron chi connectivity index (χ3n) is 3.71. The number of hydrogen-bond acceptors (Lipinski definition) is 5. The van der Waals surface area contributed by atoms with E-state index in [1.54, 1.807) is 7.11 Å². The van der Waals surface area contributed by atoms with Crippen LogP contribution < -0.4 is 5.32 Å². The standard InChI is InChI=1S/C17H22N4O2S/c1-12(10-23-2)18-15(22)11-24-17-19-16(13-8-9-13)21(20-17)14-6-4-3-5-7-14/h3-7,12-13H,8-11H2,1-2H3,(H,18,22)/t12-/m1/s1. The minimum absolute atomic E-state index is 0.0000367. The Bertz CT molecular complexity index is 685. The molecule has 1 heterocycles. The summed E-state index contributed by atoms with van der Waals surface area (Å²) in [5, 5.41) is 8.13. The molecule has 24 heavy (non-hydrogen) atoms. The van der Waals surface area contributed by atoms with Crippen LogP contribution in [0.5, 0.6) is 0 Å². The molecule has 1 saturated carbocycles. The van der Waals surface area contributed by atoms with Crippen LogP contribution in [0, 0.1) is 0 Å². The molecular formula is C17H22N4O2S. The fraction of sp³-hybridized carbons (Fsp3) is 0.471. The predicted molar refractivity (Wildman–Crippen MR) is 93.5 cm³/mol. The molecule has 0 unspecified atom stereocenters. The Morgan fingerprint density at radius 1 is 1.42 bits per heavy atom. The van der Waals surface area contributed by atoms with Gasteiger partial charge in [-0.15, -0.1) is 5.10 Å². The summed E-state index contributed by atoms with van der Waals surface area (Å²) in [6, 6.07) is 10.0. The summed E-state index contributed by atoms with van der Waals surface area (Å²) in [6.07, 6.45) is 2.31. The van der Waals surface area contributed by atoms with Crippen LogP contribution in [-0.2, 0) is 9.53 Å². The summed E-state index contributed by atoms with van der Waals surface area (Å²) in [7, 11) is 1.62. The topological polar surface area (TPSA) is 69.0 Å². The van der Waals surface area contributed by atoms with Crippen molar-refractivity contribution in [3.63, 3.8) is 0 Å². The average molecular weight is 346 g/mol. The number of carbonyl (C=O) groups excluding carboxylic acids is 1. The maximum absolute atomic E-state index is 12.0. The molecule has 0 saturated heterocycles. The van der Waals surface area contributed by atoms with E-state index < -0.39 is 0 Å². The van der Waals surface area contributed by atoms with Crippen LogP contribution in [0.2, 0.25) is 0 Å². The number of aromatic nitrogens is 3. The third-order valence-corrected chi connectivity index (χ3v) is 4.55. The molecule has 0 radical (unpaired) electrons. The first-order valence-corrected chi connectivity index (χ1v) is 9.09. The SMILES string of the molecule is COC[C@@H](C)NC(=O)CSc1nc(C2CC2)n(-c2ccccc2)n1. The number of amides is 1. The monoisotopic (exact) mass is 346 g/mol. The number of rotatable bonds is 8. The zero-order chi connectivity index (χ0) is 16.9. The van der Waals surface area contributed by atoms with Crippen molar-refractivity contribution in [1.29, 1.82) is 0 Å². The predicted octanol–water partition coefficient (Wildman–Crippen LogP) is 2.39. The van der Waals surface area contributed by atoms with E-state index >= 15 is 0 Å². The molecule has 1 aromatic carbocycles. The quantitative estimate of drug-likeness (QED) is 0.743. The van der Waals surface area contributed by atoms with Crippen LogP contribution >= 0.6 is 11.8 Å². The molecule has 1 aromatic heterocycles. The minimum atomic E-state index is -0.0337. The van der Waals surface area contributed by atoms with E-state index in [1.165, 1.54) is 11.8 Å². The van der Waals surface area contributed by atoms with Crippen molar-refractivity contribution in [2.75, 3.05) is 19.5 Å². The van der Waals surface area contributed by atoms with E-state index in [1.807, 2.05) is 41.9 Å². The Labute approximate surface area is 146 Å². The van der Waals surface area contributed by atoms with E-state index in [0.717, 1.165) is 24.4 Å². The normalized spacial score (nSPS) is 15.2. The lowest BCUT2D eigenvalue weighted by Gasteiger charge is -2.11. The van der Waals surface area contributed by atoms with Gasteiger partial charge in [0.25, 0.3) is 0 Å². The Kier molecular flexibility index (Phi) is 5.52. The smallest absolute Gasteiger partial charge is 0.230 e. The maximum Gasteiger partial charge on any atom is 0.230 e. The second kappa shape index (κ2) is 7.81. The van der Waals surface area contributed by atoms with E-state index in [2.05, 4.69) is 15.4 Å². The van der Waals surface area contributed by atoms with Crippen molar-refractivity contribution in [3.05, 3.63) is 36.2 Å². The molecule has 7 heteroatoms. The molecule has 0 aliphatic heterocycles. The lowest BCUT2D eigenvalue weighted by Crippen LogP contribution is -2.36. The molecule has 1 N–H and O–H groups in total. The Morgan fingerprint density at radius 2 is 2.17 bits per heavy atom. The Hall–Kier alpha value is -1.86. The van der Waals surface area contributed by atoms with Gasteiger partial charge in [-0.1, -0.05) is 30.0 Å². The molecule has 6 nitrogen and oxygen atoms in total. The average Bonchev–Trinajstić information content (AvgIpc) is 3.33. The molecule has 0 bridgehead atoms. The van der Waals surface area contributed by atoms with Crippen LogP contribution in [0.4, 0.5) is 0 Å². The number of methoxy groups -OCH3 is 1. The summed E-state index contributed by atoms with van der Waals surface area (Å²) >= 11 is 1.37. The number of benzene rings is 1. The van der Waals surface area contributed by atoms with Crippen LogP contribution in [0.1, 0.15) is 31.5 Å².